The highest BCUT2D eigenvalue weighted by Gasteiger charge is 2.18. The maximum atomic E-state index is 5.51. The number of aromatic nitrogens is 1. The first-order valence-corrected chi connectivity index (χ1v) is 7.15. The third-order valence-corrected chi connectivity index (χ3v) is 3.36. The van der Waals surface area contributed by atoms with Gasteiger partial charge in [0, 0.05) is 18.0 Å². The van der Waals surface area contributed by atoms with Crippen LogP contribution in [0.4, 0.5) is 0 Å². The number of hydrogen-bond donors (Lipinski definition) is 1. The molecule has 1 N–H and O–H groups in total. The lowest BCUT2D eigenvalue weighted by Gasteiger charge is -2.22. The SMILES string of the molecule is CCCNC(c1cccnc1)c1cc(OC)ccc1OC. The molecule has 0 saturated heterocycles. The zero-order chi connectivity index (χ0) is 15.1. The highest BCUT2D eigenvalue weighted by atomic mass is 16.5. The molecular formula is C17H22N2O2. The fourth-order valence-corrected chi connectivity index (χ4v) is 2.31. The highest BCUT2D eigenvalue weighted by molar-refractivity contribution is 5.45. The minimum Gasteiger partial charge on any atom is -0.497 e. The summed E-state index contributed by atoms with van der Waals surface area (Å²) in [6.07, 6.45) is 4.72. The van der Waals surface area contributed by atoms with E-state index in [1.807, 2.05) is 30.5 Å². The highest BCUT2D eigenvalue weighted by Crippen LogP contribution is 2.32. The number of nitrogens with one attached hydrogen (secondary N) is 1. The maximum absolute atomic E-state index is 5.51. The van der Waals surface area contributed by atoms with Gasteiger partial charge in [-0.15, -0.1) is 0 Å². The molecule has 0 bridgehead atoms. The number of pyridine rings is 1. The number of ether oxygens (including phenoxy) is 2. The number of rotatable bonds is 7. The molecule has 2 rings (SSSR count). The van der Waals surface area contributed by atoms with Crippen LogP contribution in [0.5, 0.6) is 11.5 Å². The van der Waals surface area contributed by atoms with Gasteiger partial charge in [-0.2, -0.15) is 0 Å². The molecule has 21 heavy (non-hydrogen) atoms. The maximum Gasteiger partial charge on any atom is 0.124 e. The van der Waals surface area contributed by atoms with E-state index in [1.165, 1.54) is 0 Å². The van der Waals surface area contributed by atoms with Crippen molar-refractivity contribution in [3.63, 3.8) is 0 Å². The van der Waals surface area contributed by atoms with E-state index in [9.17, 15) is 0 Å². The van der Waals surface area contributed by atoms with E-state index in [1.54, 1.807) is 20.4 Å². The third-order valence-electron chi connectivity index (χ3n) is 3.36. The second kappa shape index (κ2) is 7.64. The van der Waals surface area contributed by atoms with Gasteiger partial charge in [0.2, 0.25) is 0 Å². The van der Waals surface area contributed by atoms with Gasteiger partial charge in [0.05, 0.1) is 20.3 Å². The fourth-order valence-electron chi connectivity index (χ4n) is 2.31. The van der Waals surface area contributed by atoms with Crippen molar-refractivity contribution >= 4 is 0 Å². The molecule has 1 aromatic carbocycles. The number of methoxy groups -OCH3 is 2. The van der Waals surface area contributed by atoms with Crippen LogP contribution in [0.2, 0.25) is 0 Å². The van der Waals surface area contributed by atoms with Crippen molar-refractivity contribution in [2.75, 3.05) is 20.8 Å². The van der Waals surface area contributed by atoms with Crippen LogP contribution in [0.15, 0.2) is 42.7 Å². The van der Waals surface area contributed by atoms with E-state index in [-0.39, 0.29) is 6.04 Å². The Labute approximate surface area is 126 Å². The Morgan fingerprint density at radius 2 is 2.05 bits per heavy atom. The number of nitrogens with zero attached hydrogens (tertiary/aromatic N) is 1. The van der Waals surface area contributed by atoms with Crippen molar-refractivity contribution in [1.82, 2.24) is 10.3 Å². The van der Waals surface area contributed by atoms with E-state index < -0.39 is 0 Å². The summed E-state index contributed by atoms with van der Waals surface area (Å²) >= 11 is 0. The first kappa shape index (κ1) is 15.3. The van der Waals surface area contributed by atoms with E-state index in [2.05, 4.69) is 23.3 Å². The molecule has 0 aliphatic rings. The molecule has 4 heteroatoms. The van der Waals surface area contributed by atoms with Gasteiger partial charge >= 0.3 is 0 Å². The van der Waals surface area contributed by atoms with Crippen LogP contribution in [0.25, 0.3) is 0 Å². The normalized spacial score (nSPS) is 12.0. The van der Waals surface area contributed by atoms with Gasteiger partial charge in [0.1, 0.15) is 11.5 Å². The van der Waals surface area contributed by atoms with Gasteiger partial charge < -0.3 is 14.8 Å². The van der Waals surface area contributed by atoms with Crippen LogP contribution in [0.1, 0.15) is 30.5 Å². The van der Waals surface area contributed by atoms with Crippen LogP contribution < -0.4 is 14.8 Å². The Morgan fingerprint density at radius 1 is 1.19 bits per heavy atom. The Morgan fingerprint density at radius 3 is 2.67 bits per heavy atom. The predicted octanol–water partition coefficient (Wildman–Crippen LogP) is 3.19. The molecule has 1 unspecified atom stereocenters. The summed E-state index contributed by atoms with van der Waals surface area (Å²) in [7, 11) is 3.36. The predicted molar refractivity (Wildman–Crippen MR) is 83.9 cm³/mol. The Hall–Kier alpha value is -2.07. The lowest BCUT2D eigenvalue weighted by molar-refractivity contribution is 0.393. The van der Waals surface area contributed by atoms with Gasteiger partial charge in [-0.25, -0.2) is 0 Å². The van der Waals surface area contributed by atoms with Crippen LogP contribution in [0.3, 0.4) is 0 Å². The Balaban J connectivity index is 2.44. The largest absolute Gasteiger partial charge is 0.497 e. The van der Waals surface area contributed by atoms with Gasteiger partial charge in [-0.05, 0) is 42.8 Å². The van der Waals surface area contributed by atoms with Crippen molar-refractivity contribution in [3.8, 4) is 11.5 Å². The average Bonchev–Trinajstić information content (AvgIpc) is 2.56. The van der Waals surface area contributed by atoms with Gasteiger partial charge in [-0.1, -0.05) is 13.0 Å². The lowest BCUT2D eigenvalue weighted by Crippen LogP contribution is -2.23. The summed E-state index contributed by atoms with van der Waals surface area (Å²) < 4.78 is 10.9. The number of benzene rings is 1. The summed E-state index contributed by atoms with van der Waals surface area (Å²) in [4.78, 5) is 4.23. The smallest absolute Gasteiger partial charge is 0.124 e. The molecule has 0 radical (unpaired) electrons. The number of hydrogen-bond acceptors (Lipinski definition) is 4. The molecule has 0 amide bonds. The van der Waals surface area contributed by atoms with Crippen LogP contribution in [-0.4, -0.2) is 25.7 Å². The molecular weight excluding hydrogens is 264 g/mol. The van der Waals surface area contributed by atoms with Crippen LogP contribution in [-0.2, 0) is 0 Å². The third kappa shape index (κ3) is 3.73. The molecule has 112 valence electrons. The minimum absolute atomic E-state index is 0.0312. The van der Waals surface area contributed by atoms with Crippen molar-refractivity contribution in [3.05, 3.63) is 53.9 Å². The quantitative estimate of drug-likeness (QED) is 0.849. The first-order chi connectivity index (χ1) is 10.3. The Kier molecular flexibility index (Phi) is 5.58. The van der Waals surface area contributed by atoms with Crippen molar-refractivity contribution in [1.29, 1.82) is 0 Å². The molecule has 0 spiro atoms. The molecule has 1 aromatic heterocycles. The van der Waals surface area contributed by atoms with Gasteiger partial charge in [0.25, 0.3) is 0 Å². The van der Waals surface area contributed by atoms with Crippen LogP contribution in [0, 0.1) is 0 Å². The monoisotopic (exact) mass is 286 g/mol. The van der Waals surface area contributed by atoms with Crippen molar-refractivity contribution in [2.45, 2.75) is 19.4 Å². The summed E-state index contributed by atoms with van der Waals surface area (Å²) in [6.45, 7) is 3.07. The molecule has 2 aromatic rings. The second-order valence-electron chi connectivity index (χ2n) is 4.78. The molecule has 0 saturated carbocycles. The fraction of sp³-hybridized carbons (Fsp3) is 0.353. The average molecular weight is 286 g/mol. The van der Waals surface area contributed by atoms with Crippen molar-refractivity contribution < 1.29 is 9.47 Å². The Bertz CT molecular complexity index is 558. The first-order valence-electron chi connectivity index (χ1n) is 7.15. The summed E-state index contributed by atoms with van der Waals surface area (Å²) in [5.74, 6) is 1.66. The second-order valence-corrected chi connectivity index (χ2v) is 4.78. The van der Waals surface area contributed by atoms with Gasteiger partial charge in [-0.3, -0.25) is 4.98 Å². The molecule has 0 aliphatic heterocycles. The van der Waals surface area contributed by atoms with Gasteiger partial charge in [0.15, 0.2) is 0 Å². The zero-order valence-electron chi connectivity index (χ0n) is 12.8. The zero-order valence-corrected chi connectivity index (χ0v) is 12.8. The van der Waals surface area contributed by atoms with Crippen LogP contribution >= 0.6 is 0 Å². The molecule has 0 fully saturated rings. The topological polar surface area (TPSA) is 43.4 Å². The van der Waals surface area contributed by atoms with E-state index >= 15 is 0 Å². The van der Waals surface area contributed by atoms with Crippen molar-refractivity contribution in [2.24, 2.45) is 0 Å². The summed E-state index contributed by atoms with van der Waals surface area (Å²) in [5, 5.41) is 3.55. The summed E-state index contributed by atoms with van der Waals surface area (Å²) in [5.41, 5.74) is 2.16. The van der Waals surface area contributed by atoms with E-state index in [0.29, 0.717) is 0 Å². The van der Waals surface area contributed by atoms with E-state index in [4.69, 9.17) is 9.47 Å². The molecule has 1 atom stereocenters. The molecule has 1 heterocycles. The van der Waals surface area contributed by atoms with E-state index in [0.717, 1.165) is 35.6 Å². The minimum atomic E-state index is 0.0312. The standard InChI is InChI=1S/C17H22N2O2/c1-4-9-19-17(13-6-5-10-18-12-13)15-11-14(20-2)7-8-16(15)21-3/h5-8,10-12,17,19H,4,9H2,1-3H3. The summed E-state index contributed by atoms with van der Waals surface area (Å²) in [6, 6.07) is 9.90. The lowest BCUT2D eigenvalue weighted by atomic mass is 9.98. The molecule has 4 nitrogen and oxygen atoms in total. The molecule has 0 aliphatic carbocycles.